The molecular formula is C15H14F2N6O. The van der Waals surface area contributed by atoms with Gasteiger partial charge in [-0.25, -0.2) is 15.0 Å². The molecule has 124 valence electrons. The highest BCUT2D eigenvalue weighted by molar-refractivity contribution is 5.96. The van der Waals surface area contributed by atoms with Crippen LogP contribution in [0.4, 0.5) is 14.6 Å². The first kappa shape index (κ1) is 15.9. The standard InChI is InChI=1S/C15H14F2N6O/c1-8(24)20-12-6-9-11(7-19-12)23(3)22-13(9)10-4-5-18-14(21-10)15(2,16)17/h4-7H,1-3H3,(H,19,20,24). The van der Waals surface area contributed by atoms with E-state index >= 15 is 0 Å². The summed E-state index contributed by atoms with van der Waals surface area (Å²) < 4.78 is 28.5. The van der Waals surface area contributed by atoms with Gasteiger partial charge in [-0.3, -0.25) is 9.48 Å². The van der Waals surface area contributed by atoms with Crippen molar-refractivity contribution in [2.75, 3.05) is 5.32 Å². The first-order valence-corrected chi connectivity index (χ1v) is 7.08. The number of amides is 1. The highest BCUT2D eigenvalue weighted by Crippen LogP contribution is 2.30. The molecule has 3 aromatic rings. The molecule has 0 spiro atoms. The summed E-state index contributed by atoms with van der Waals surface area (Å²) in [7, 11) is 1.71. The number of hydrogen-bond donors (Lipinski definition) is 1. The second-order valence-electron chi connectivity index (χ2n) is 5.39. The second-order valence-corrected chi connectivity index (χ2v) is 5.39. The zero-order valence-electron chi connectivity index (χ0n) is 13.2. The summed E-state index contributed by atoms with van der Waals surface area (Å²) in [6.45, 7) is 2.11. The lowest BCUT2D eigenvalue weighted by Gasteiger charge is -2.08. The van der Waals surface area contributed by atoms with E-state index in [4.69, 9.17) is 0 Å². The molecule has 3 aromatic heterocycles. The van der Waals surface area contributed by atoms with Gasteiger partial charge in [-0.05, 0) is 12.1 Å². The van der Waals surface area contributed by atoms with E-state index in [1.807, 2.05) is 0 Å². The van der Waals surface area contributed by atoms with E-state index in [0.717, 1.165) is 6.92 Å². The Morgan fingerprint density at radius 2 is 2.08 bits per heavy atom. The quantitative estimate of drug-likeness (QED) is 0.796. The third-order valence-electron chi connectivity index (χ3n) is 3.33. The molecule has 0 aliphatic heterocycles. The first-order chi connectivity index (χ1) is 11.3. The highest BCUT2D eigenvalue weighted by Gasteiger charge is 2.28. The number of anilines is 1. The smallest absolute Gasteiger partial charge is 0.303 e. The van der Waals surface area contributed by atoms with Crippen LogP contribution in [-0.2, 0) is 17.8 Å². The lowest BCUT2D eigenvalue weighted by atomic mass is 10.2. The molecule has 0 saturated carbocycles. The van der Waals surface area contributed by atoms with Gasteiger partial charge in [0.25, 0.3) is 0 Å². The Morgan fingerprint density at radius 1 is 1.33 bits per heavy atom. The van der Waals surface area contributed by atoms with Crippen molar-refractivity contribution >= 4 is 22.6 Å². The highest BCUT2D eigenvalue weighted by atomic mass is 19.3. The molecule has 24 heavy (non-hydrogen) atoms. The molecule has 0 aliphatic rings. The molecule has 0 bridgehead atoms. The van der Waals surface area contributed by atoms with Crippen LogP contribution in [0.2, 0.25) is 0 Å². The fourth-order valence-electron chi connectivity index (χ4n) is 2.29. The number of alkyl halides is 2. The summed E-state index contributed by atoms with van der Waals surface area (Å²) in [4.78, 5) is 22.9. The molecule has 7 nitrogen and oxygen atoms in total. The number of rotatable bonds is 3. The predicted molar refractivity (Wildman–Crippen MR) is 83.4 cm³/mol. The van der Waals surface area contributed by atoms with Gasteiger partial charge in [-0.1, -0.05) is 0 Å². The molecular weight excluding hydrogens is 318 g/mol. The summed E-state index contributed by atoms with van der Waals surface area (Å²) in [5, 5.41) is 7.55. The maximum absolute atomic E-state index is 13.5. The fourth-order valence-corrected chi connectivity index (χ4v) is 2.29. The van der Waals surface area contributed by atoms with E-state index in [1.165, 1.54) is 19.2 Å². The molecule has 0 fully saturated rings. The normalized spacial score (nSPS) is 11.7. The summed E-state index contributed by atoms with van der Waals surface area (Å²) in [6.07, 6.45) is 2.82. The van der Waals surface area contributed by atoms with Crippen LogP contribution in [-0.4, -0.2) is 30.6 Å². The lowest BCUT2D eigenvalue weighted by molar-refractivity contribution is -0.114. The fraction of sp³-hybridized carbons (Fsp3) is 0.267. The Bertz CT molecular complexity index is 931. The molecule has 3 rings (SSSR count). The molecule has 0 aliphatic carbocycles. The van der Waals surface area contributed by atoms with Crippen LogP contribution in [0.1, 0.15) is 19.7 Å². The van der Waals surface area contributed by atoms with Crippen LogP contribution >= 0.6 is 0 Å². The van der Waals surface area contributed by atoms with Crippen molar-refractivity contribution in [1.82, 2.24) is 24.7 Å². The van der Waals surface area contributed by atoms with E-state index < -0.39 is 11.7 Å². The number of hydrogen-bond acceptors (Lipinski definition) is 5. The van der Waals surface area contributed by atoms with E-state index in [2.05, 4.69) is 25.4 Å². The number of fused-ring (bicyclic) bond motifs is 1. The van der Waals surface area contributed by atoms with Crippen LogP contribution in [0.5, 0.6) is 0 Å². The number of nitrogens with zero attached hydrogens (tertiary/aromatic N) is 5. The Hall–Kier alpha value is -2.97. The van der Waals surface area contributed by atoms with E-state index in [-0.39, 0.29) is 11.6 Å². The molecule has 1 N–H and O–H groups in total. The minimum atomic E-state index is -3.15. The zero-order chi connectivity index (χ0) is 17.5. The van der Waals surface area contributed by atoms with Crippen LogP contribution in [0.25, 0.3) is 22.3 Å². The maximum atomic E-state index is 13.5. The molecule has 0 radical (unpaired) electrons. The third-order valence-corrected chi connectivity index (χ3v) is 3.33. The number of nitrogens with one attached hydrogen (secondary N) is 1. The molecule has 0 saturated heterocycles. The number of aryl methyl sites for hydroxylation is 1. The summed E-state index contributed by atoms with van der Waals surface area (Å²) in [6, 6.07) is 3.14. The van der Waals surface area contributed by atoms with E-state index in [1.54, 1.807) is 24.0 Å². The van der Waals surface area contributed by atoms with Gasteiger partial charge in [0.05, 0.1) is 17.4 Å². The minimum Gasteiger partial charge on any atom is -0.311 e. The SMILES string of the molecule is CC(=O)Nc1cc2c(-c3ccnc(C(C)(F)F)n3)nn(C)c2cn1. The van der Waals surface area contributed by atoms with Gasteiger partial charge < -0.3 is 5.32 Å². The zero-order valence-corrected chi connectivity index (χ0v) is 13.2. The average molecular weight is 332 g/mol. The Kier molecular flexibility index (Phi) is 3.70. The summed E-state index contributed by atoms with van der Waals surface area (Å²) in [5.41, 5.74) is 1.36. The Morgan fingerprint density at radius 3 is 2.75 bits per heavy atom. The molecule has 0 aromatic carbocycles. The number of carbonyl (C=O) groups excluding carboxylic acids is 1. The molecule has 9 heteroatoms. The van der Waals surface area contributed by atoms with Crippen molar-refractivity contribution in [3.8, 4) is 11.4 Å². The van der Waals surface area contributed by atoms with Gasteiger partial charge >= 0.3 is 5.92 Å². The number of halogens is 2. The van der Waals surface area contributed by atoms with Gasteiger partial charge in [0.1, 0.15) is 11.5 Å². The van der Waals surface area contributed by atoms with Gasteiger partial charge in [-0.2, -0.15) is 13.9 Å². The number of aromatic nitrogens is 5. The van der Waals surface area contributed by atoms with Gasteiger partial charge in [0, 0.05) is 32.5 Å². The molecule has 3 heterocycles. The predicted octanol–water partition coefficient (Wildman–Crippen LogP) is 2.50. The molecule has 0 atom stereocenters. The lowest BCUT2D eigenvalue weighted by Crippen LogP contribution is -2.12. The first-order valence-electron chi connectivity index (χ1n) is 7.08. The Balaban J connectivity index is 2.17. The second kappa shape index (κ2) is 5.59. The van der Waals surface area contributed by atoms with Crippen LogP contribution in [0.15, 0.2) is 24.5 Å². The summed E-state index contributed by atoms with van der Waals surface area (Å²) in [5.74, 6) is -3.64. The van der Waals surface area contributed by atoms with Crippen LogP contribution < -0.4 is 5.32 Å². The van der Waals surface area contributed by atoms with Crippen LogP contribution in [0.3, 0.4) is 0 Å². The topological polar surface area (TPSA) is 85.6 Å². The van der Waals surface area contributed by atoms with Crippen molar-refractivity contribution in [2.45, 2.75) is 19.8 Å². The van der Waals surface area contributed by atoms with Crippen molar-refractivity contribution in [3.63, 3.8) is 0 Å². The van der Waals surface area contributed by atoms with Gasteiger partial charge in [0.2, 0.25) is 5.91 Å². The maximum Gasteiger partial charge on any atom is 0.303 e. The van der Waals surface area contributed by atoms with Gasteiger partial charge in [-0.15, -0.1) is 0 Å². The van der Waals surface area contributed by atoms with Crippen molar-refractivity contribution in [2.24, 2.45) is 7.05 Å². The summed E-state index contributed by atoms with van der Waals surface area (Å²) >= 11 is 0. The minimum absolute atomic E-state index is 0.262. The average Bonchev–Trinajstić information content (AvgIpc) is 2.83. The number of pyridine rings is 1. The third kappa shape index (κ3) is 2.92. The Labute approximate surface area is 135 Å². The van der Waals surface area contributed by atoms with E-state index in [0.29, 0.717) is 22.4 Å². The van der Waals surface area contributed by atoms with E-state index in [9.17, 15) is 13.6 Å². The van der Waals surface area contributed by atoms with Gasteiger partial charge in [0.15, 0.2) is 5.82 Å². The molecule has 1 amide bonds. The monoisotopic (exact) mass is 332 g/mol. The van der Waals surface area contributed by atoms with Crippen LogP contribution in [0, 0.1) is 0 Å². The van der Waals surface area contributed by atoms with Crippen molar-refractivity contribution < 1.29 is 13.6 Å². The van der Waals surface area contributed by atoms with Crippen molar-refractivity contribution in [1.29, 1.82) is 0 Å². The van der Waals surface area contributed by atoms with Crippen molar-refractivity contribution in [3.05, 3.63) is 30.4 Å². The number of carbonyl (C=O) groups is 1. The largest absolute Gasteiger partial charge is 0.311 e. The molecule has 0 unspecified atom stereocenters.